The molecule has 1 aliphatic carbocycles. The molecule has 84 valence electrons. The quantitative estimate of drug-likeness (QED) is 0.802. The van der Waals surface area contributed by atoms with Crippen LogP contribution in [0.5, 0.6) is 0 Å². The van der Waals surface area contributed by atoms with Gasteiger partial charge < -0.3 is 5.32 Å². The van der Waals surface area contributed by atoms with Crippen molar-refractivity contribution in [2.75, 3.05) is 6.54 Å². The number of rotatable bonds is 5. The molecule has 1 aromatic rings. The Labute approximate surface area is 91.9 Å². The van der Waals surface area contributed by atoms with Crippen LogP contribution in [0, 0.1) is 5.41 Å². The third-order valence-electron chi connectivity index (χ3n) is 3.79. The molecule has 1 unspecified atom stereocenters. The van der Waals surface area contributed by atoms with Crippen LogP contribution >= 0.6 is 0 Å². The van der Waals surface area contributed by atoms with Gasteiger partial charge in [-0.3, -0.25) is 4.68 Å². The average Bonchev–Trinajstić information content (AvgIpc) is 2.91. The van der Waals surface area contributed by atoms with E-state index in [4.69, 9.17) is 0 Å². The van der Waals surface area contributed by atoms with E-state index in [0.29, 0.717) is 11.5 Å². The number of aryl methyl sites for hydroxylation is 1. The van der Waals surface area contributed by atoms with Gasteiger partial charge in [0.25, 0.3) is 0 Å². The van der Waals surface area contributed by atoms with Crippen molar-refractivity contribution < 1.29 is 0 Å². The van der Waals surface area contributed by atoms with Crippen LogP contribution in [0.1, 0.15) is 44.8 Å². The molecule has 1 fully saturated rings. The first kappa shape index (κ1) is 10.7. The predicted octanol–water partition coefficient (Wildman–Crippen LogP) is 2.26. The van der Waals surface area contributed by atoms with E-state index in [1.54, 1.807) is 0 Å². The van der Waals surface area contributed by atoms with Crippen LogP contribution in [0.15, 0.2) is 12.3 Å². The second-order valence-electron chi connectivity index (χ2n) is 4.84. The van der Waals surface area contributed by atoms with E-state index in [2.05, 4.69) is 30.3 Å². The highest BCUT2D eigenvalue weighted by molar-refractivity contribution is 5.06. The molecule has 0 spiro atoms. The van der Waals surface area contributed by atoms with Crippen molar-refractivity contribution in [1.29, 1.82) is 0 Å². The van der Waals surface area contributed by atoms with E-state index in [0.717, 1.165) is 6.54 Å². The molecule has 1 heterocycles. The molecule has 1 aliphatic rings. The van der Waals surface area contributed by atoms with Crippen molar-refractivity contribution in [2.45, 2.75) is 39.2 Å². The van der Waals surface area contributed by atoms with Crippen molar-refractivity contribution in [2.24, 2.45) is 12.5 Å². The molecule has 0 saturated heterocycles. The van der Waals surface area contributed by atoms with Gasteiger partial charge in [-0.1, -0.05) is 6.92 Å². The molecule has 0 aromatic carbocycles. The molecule has 3 nitrogen and oxygen atoms in total. The maximum Gasteiger partial charge on any atom is 0.0547 e. The van der Waals surface area contributed by atoms with Crippen LogP contribution in [-0.2, 0) is 7.05 Å². The fraction of sp³-hybridized carbons (Fsp3) is 0.750. The summed E-state index contributed by atoms with van der Waals surface area (Å²) < 4.78 is 1.95. The number of nitrogens with one attached hydrogen (secondary N) is 1. The Hall–Kier alpha value is -0.830. The third-order valence-corrected chi connectivity index (χ3v) is 3.79. The molecule has 0 radical (unpaired) electrons. The summed E-state index contributed by atoms with van der Waals surface area (Å²) >= 11 is 0. The summed E-state index contributed by atoms with van der Waals surface area (Å²) in [6, 6.07) is 2.49. The monoisotopic (exact) mass is 207 g/mol. The zero-order valence-corrected chi connectivity index (χ0v) is 9.95. The Kier molecular flexibility index (Phi) is 2.83. The van der Waals surface area contributed by atoms with Crippen LogP contribution in [0.3, 0.4) is 0 Å². The van der Waals surface area contributed by atoms with Gasteiger partial charge in [0.15, 0.2) is 0 Å². The first-order valence-electron chi connectivity index (χ1n) is 5.88. The molecule has 1 aromatic heterocycles. The summed E-state index contributed by atoms with van der Waals surface area (Å²) in [6.45, 7) is 5.65. The smallest absolute Gasteiger partial charge is 0.0547 e. The molecule has 0 aliphatic heterocycles. The van der Waals surface area contributed by atoms with Gasteiger partial charge in [-0.25, -0.2) is 0 Å². The Balaban J connectivity index is 1.88. The predicted molar refractivity (Wildman–Crippen MR) is 61.6 cm³/mol. The molecule has 1 N–H and O–H groups in total. The Morgan fingerprint density at radius 2 is 2.33 bits per heavy atom. The van der Waals surface area contributed by atoms with E-state index >= 15 is 0 Å². The zero-order chi connectivity index (χ0) is 10.9. The van der Waals surface area contributed by atoms with E-state index < -0.39 is 0 Å². The minimum absolute atomic E-state index is 0.404. The van der Waals surface area contributed by atoms with E-state index in [9.17, 15) is 0 Å². The molecule has 0 bridgehead atoms. The standard InChI is InChI=1S/C12H21N3/c1-4-12(6-7-12)9-13-10(2)11-5-8-14-15(11)3/h5,8,10,13H,4,6-7,9H2,1-3H3. The van der Waals surface area contributed by atoms with Gasteiger partial charge in [0.1, 0.15) is 0 Å². The Bertz CT molecular complexity index is 325. The van der Waals surface area contributed by atoms with Gasteiger partial charge in [-0.05, 0) is 37.7 Å². The summed E-state index contributed by atoms with van der Waals surface area (Å²) in [6.07, 6.45) is 5.96. The Morgan fingerprint density at radius 1 is 1.60 bits per heavy atom. The van der Waals surface area contributed by atoms with Gasteiger partial charge >= 0.3 is 0 Å². The van der Waals surface area contributed by atoms with E-state index in [-0.39, 0.29) is 0 Å². The summed E-state index contributed by atoms with van der Waals surface area (Å²) in [5.41, 5.74) is 1.88. The van der Waals surface area contributed by atoms with Crippen molar-refractivity contribution in [1.82, 2.24) is 15.1 Å². The lowest BCUT2D eigenvalue weighted by molar-refractivity contribution is 0.406. The highest BCUT2D eigenvalue weighted by Crippen LogP contribution is 2.48. The highest BCUT2D eigenvalue weighted by atomic mass is 15.3. The molecular weight excluding hydrogens is 186 g/mol. The second kappa shape index (κ2) is 3.97. The maximum absolute atomic E-state index is 4.19. The fourth-order valence-corrected chi connectivity index (χ4v) is 2.12. The first-order chi connectivity index (χ1) is 7.17. The van der Waals surface area contributed by atoms with Crippen molar-refractivity contribution >= 4 is 0 Å². The normalized spacial score (nSPS) is 20.2. The molecule has 0 amide bonds. The average molecular weight is 207 g/mol. The van der Waals surface area contributed by atoms with Crippen LogP contribution < -0.4 is 5.32 Å². The molecule has 3 heteroatoms. The minimum atomic E-state index is 0.404. The lowest BCUT2D eigenvalue weighted by Gasteiger charge is -2.19. The van der Waals surface area contributed by atoms with Gasteiger partial charge in [0, 0.05) is 25.8 Å². The molecule has 15 heavy (non-hydrogen) atoms. The number of hydrogen-bond donors (Lipinski definition) is 1. The second-order valence-corrected chi connectivity index (χ2v) is 4.84. The Morgan fingerprint density at radius 3 is 2.80 bits per heavy atom. The van der Waals surface area contributed by atoms with Gasteiger partial charge in [-0.2, -0.15) is 5.10 Å². The van der Waals surface area contributed by atoms with Crippen molar-refractivity contribution in [3.05, 3.63) is 18.0 Å². The van der Waals surface area contributed by atoms with Crippen LogP contribution in [-0.4, -0.2) is 16.3 Å². The summed E-state index contributed by atoms with van der Waals surface area (Å²) in [7, 11) is 2.00. The first-order valence-corrected chi connectivity index (χ1v) is 5.88. The third kappa shape index (κ3) is 2.23. The van der Waals surface area contributed by atoms with E-state index in [1.807, 2.05) is 17.9 Å². The fourth-order valence-electron chi connectivity index (χ4n) is 2.12. The van der Waals surface area contributed by atoms with Gasteiger partial charge in [0.05, 0.1) is 5.69 Å². The summed E-state index contributed by atoms with van der Waals surface area (Å²) in [4.78, 5) is 0. The number of hydrogen-bond acceptors (Lipinski definition) is 2. The minimum Gasteiger partial charge on any atom is -0.308 e. The SMILES string of the molecule is CCC1(CNC(C)c2ccnn2C)CC1. The topological polar surface area (TPSA) is 29.9 Å². The van der Waals surface area contributed by atoms with Crippen LogP contribution in [0.25, 0.3) is 0 Å². The van der Waals surface area contributed by atoms with Gasteiger partial charge in [-0.15, -0.1) is 0 Å². The number of nitrogens with zero attached hydrogens (tertiary/aromatic N) is 2. The maximum atomic E-state index is 4.19. The van der Waals surface area contributed by atoms with Crippen molar-refractivity contribution in [3.8, 4) is 0 Å². The molecule has 1 saturated carbocycles. The van der Waals surface area contributed by atoms with Crippen molar-refractivity contribution in [3.63, 3.8) is 0 Å². The highest BCUT2D eigenvalue weighted by Gasteiger charge is 2.40. The lowest BCUT2D eigenvalue weighted by Crippen LogP contribution is -2.27. The van der Waals surface area contributed by atoms with E-state index in [1.165, 1.54) is 25.0 Å². The summed E-state index contributed by atoms with van der Waals surface area (Å²) in [5, 5.41) is 7.81. The van der Waals surface area contributed by atoms with Crippen LogP contribution in [0.2, 0.25) is 0 Å². The zero-order valence-electron chi connectivity index (χ0n) is 9.95. The number of aromatic nitrogens is 2. The molecule has 2 rings (SSSR count). The van der Waals surface area contributed by atoms with Gasteiger partial charge in [0.2, 0.25) is 0 Å². The lowest BCUT2D eigenvalue weighted by atomic mass is 10.0. The van der Waals surface area contributed by atoms with Crippen LogP contribution in [0.4, 0.5) is 0 Å². The molecular formula is C12H21N3. The summed E-state index contributed by atoms with van der Waals surface area (Å²) in [5.74, 6) is 0. The largest absolute Gasteiger partial charge is 0.308 e. The molecule has 1 atom stereocenters.